The number of furan rings is 2. The van der Waals surface area contributed by atoms with Gasteiger partial charge in [-0.2, -0.15) is 0 Å². The molecule has 0 radical (unpaired) electrons. The predicted molar refractivity (Wildman–Crippen MR) is 490 cm³/mol. The van der Waals surface area contributed by atoms with Crippen molar-refractivity contribution < 1.29 is 8.83 Å². The number of hydrogen-bond donors (Lipinski definition) is 0. The molecule has 552 valence electrons. The molecule has 0 saturated heterocycles. The van der Waals surface area contributed by atoms with Crippen molar-refractivity contribution in [2.45, 2.75) is 19.3 Å². The Bertz CT molecular complexity index is 7540. The smallest absolute Gasteiger partial charge is 0.143 e. The van der Waals surface area contributed by atoms with Gasteiger partial charge in [0.1, 0.15) is 22.3 Å². The molecule has 0 unspecified atom stereocenters. The average Bonchev–Trinajstić information content (AvgIpc) is 1.60. The van der Waals surface area contributed by atoms with Gasteiger partial charge in [0.25, 0.3) is 0 Å². The van der Waals surface area contributed by atoms with E-state index in [1.807, 2.05) is 24.3 Å². The molecular formula is C111H76N4O2. The number of para-hydroxylation sites is 8. The third-order valence-corrected chi connectivity index (χ3v) is 24.0. The van der Waals surface area contributed by atoms with Gasteiger partial charge < -0.3 is 27.8 Å². The topological polar surface area (TPSA) is 42.6 Å². The molecule has 0 atom stereocenters. The van der Waals surface area contributed by atoms with Gasteiger partial charge in [0.15, 0.2) is 0 Å². The largest absolute Gasteiger partial charge is 0.455 e. The molecule has 4 heterocycles. The minimum absolute atomic E-state index is 0.116. The molecule has 0 N–H and O–H groups in total. The van der Waals surface area contributed by atoms with E-state index in [4.69, 9.17) is 8.83 Å². The Morgan fingerprint density at radius 3 is 0.983 bits per heavy atom. The first-order chi connectivity index (χ1) is 57.8. The molecule has 6 heteroatoms. The molecule has 0 fully saturated rings. The first-order valence-electron chi connectivity index (χ1n) is 40.2. The summed E-state index contributed by atoms with van der Waals surface area (Å²) in [6.45, 7) is 4.70. The zero-order chi connectivity index (χ0) is 77.7. The number of rotatable bonds is 13. The van der Waals surface area contributed by atoms with Crippen LogP contribution < -0.4 is 9.80 Å². The van der Waals surface area contributed by atoms with E-state index in [-0.39, 0.29) is 5.41 Å². The van der Waals surface area contributed by atoms with Gasteiger partial charge in [-0.25, -0.2) is 0 Å². The second-order valence-corrected chi connectivity index (χ2v) is 31.1. The first-order valence-corrected chi connectivity index (χ1v) is 40.2. The highest BCUT2D eigenvalue weighted by Crippen LogP contribution is 2.52. The fourth-order valence-electron chi connectivity index (χ4n) is 18.3. The maximum Gasteiger partial charge on any atom is 0.143 e. The molecule has 1 aliphatic rings. The van der Waals surface area contributed by atoms with Gasteiger partial charge in [-0.15, -0.1) is 0 Å². The van der Waals surface area contributed by atoms with Crippen LogP contribution in [0.5, 0.6) is 0 Å². The quantitative estimate of drug-likeness (QED) is 0.115. The summed E-state index contributed by atoms with van der Waals surface area (Å²) in [5, 5.41) is 9.54. The van der Waals surface area contributed by atoms with Crippen molar-refractivity contribution in [1.29, 1.82) is 0 Å². The van der Waals surface area contributed by atoms with Crippen molar-refractivity contribution in [3.8, 4) is 78.1 Å². The van der Waals surface area contributed by atoms with Crippen molar-refractivity contribution in [2.75, 3.05) is 9.80 Å². The Balaban J connectivity index is 0.000000142. The highest BCUT2D eigenvalue weighted by molar-refractivity contribution is 6.14. The number of anilines is 6. The average molecular weight is 1500 g/mol. The van der Waals surface area contributed by atoms with E-state index in [2.05, 4.69) is 433 Å². The summed E-state index contributed by atoms with van der Waals surface area (Å²) >= 11 is 0. The lowest BCUT2D eigenvalue weighted by Gasteiger charge is -2.28. The fourth-order valence-corrected chi connectivity index (χ4v) is 18.3. The Morgan fingerprint density at radius 1 is 0.205 bits per heavy atom. The summed E-state index contributed by atoms with van der Waals surface area (Å²) in [5.74, 6) is 0. The number of hydrogen-bond acceptors (Lipinski definition) is 4. The monoisotopic (exact) mass is 1500 g/mol. The molecule has 4 aromatic heterocycles. The molecule has 22 aromatic rings. The zero-order valence-electron chi connectivity index (χ0n) is 64.5. The van der Waals surface area contributed by atoms with Gasteiger partial charge in [0.2, 0.25) is 0 Å². The summed E-state index contributed by atoms with van der Waals surface area (Å²) in [6.07, 6.45) is 0. The molecule has 0 aliphatic heterocycles. The molecule has 6 nitrogen and oxygen atoms in total. The lowest BCUT2D eigenvalue weighted by atomic mass is 9.82. The molecule has 0 saturated carbocycles. The lowest BCUT2D eigenvalue weighted by molar-refractivity contribution is 0.660. The Hall–Kier alpha value is -15.2. The van der Waals surface area contributed by atoms with E-state index >= 15 is 0 Å². The van der Waals surface area contributed by atoms with Crippen LogP contribution in [0.3, 0.4) is 0 Å². The third kappa shape index (κ3) is 11.8. The summed E-state index contributed by atoms with van der Waals surface area (Å²) in [4.78, 5) is 4.73. The minimum atomic E-state index is -0.116. The summed E-state index contributed by atoms with van der Waals surface area (Å²) in [7, 11) is 0. The Kier molecular flexibility index (Phi) is 16.5. The molecule has 1 aliphatic carbocycles. The molecule has 0 bridgehead atoms. The van der Waals surface area contributed by atoms with Gasteiger partial charge >= 0.3 is 0 Å². The Labute approximate surface area is 678 Å². The second kappa shape index (κ2) is 28.1. The van der Waals surface area contributed by atoms with Gasteiger partial charge in [-0.05, 0) is 212 Å². The van der Waals surface area contributed by atoms with Gasteiger partial charge in [0.05, 0.1) is 22.1 Å². The fraction of sp³-hybridized carbons (Fsp3) is 0.0270. The molecule has 0 amide bonds. The number of aromatic nitrogens is 2. The van der Waals surface area contributed by atoms with E-state index in [0.717, 1.165) is 106 Å². The summed E-state index contributed by atoms with van der Waals surface area (Å²) in [6, 6.07) is 153. The van der Waals surface area contributed by atoms with Crippen LogP contribution in [0.25, 0.3) is 166 Å². The molecule has 18 aromatic carbocycles. The van der Waals surface area contributed by atoms with Crippen LogP contribution >= 0.6 is 0 Å². The summed E-state index contributed by atoms with van der Waals surface area (Å²) in [5.41, 5.74) is 34.1. The van der Waals surface area contributed by atoms with Crippen LogP contribution in [0.4, 0.5) is 34.1 Å². The minimum Gasteiger partial charge on any atom is -0.455 e. The highest BCUT2D eigenvalue weighted by Gasteiger charge is 2.36. The van der Waals surface area contributed by atoms with E-state index in [9.17, 15) is 0 Å². The van der Waals surface area contributed by atoms with Crippen LogP contribution in [0.2, 0.25) is 0 Å². The number of fused-ring (bicyclic) bond motifs is 15. The second-order valence-electron chi connectivity index (χ2n) is 31.1. The summed E-state index contributed by atoms with van der Waals surface area (Å²) < 4.78 is 17.6. The zero-order valence-corrected chi connectivity index (χ0v) is 64.5. The van der Waals surface area contributed by atoms with E-state index in [0.29, 0.717) is 0 Å². The van der Waals surface area contributed by atoms with Crippen LogP contribution in [-0.4, -0.2) is 9.13 Å². The number of nitrogens with zero attached hydrogens (tertiary/aromatic N) is 4. The van der Waals surface area contributed by atoms with Crippen molar-refractivity contribution in [3.63, 3.8) is 0 Å². The highest BCUT2D eigenvalue weighted by atomic mass is 16.3. The van der Waals surface area contributed by atoms with Crippen molar-refractivity contribution in [3.05, 3.63) is 436 Å². The molecule has 117 heavy (non-hydrogen) atoms. The third-order valence-electron chi connectivity index (χ3n) is 24.0. The van der Waals surface area contributed by atoms with E-state index in [1.165, 1.54) is 105 Å². The van der Waals surface area contributed by atoms with E-state index < -0.39 is 0 Å². The van der Waals surface area contributed by atoms with Crippen LogP contribution in [0.15, 0.2) is 433 Å². The van der Waals surface area contributed by atoms with Crippen LogP contribution in [-0.2, 0) is 5.41 Å². The Morgan fingerprint density at radius 2 is 0.521 bits per heavy atom. The SMILES string of the molecule is CC1(C)c2ccccc2-c2ccc(N(c3ccc(-c4ccc5c(c4)c4ccccc4n5-c4ccccc4)cc3)c3ccc(-c4cccc5c4oc4ccccc45)cc3)cc21.c1ccc(-c2ccc(N(c3ccc(-c4ccc5c(c4)c4ccccc4n5-c4ccccc4)cc3)c3ccc(-c4cccc5c4oc4ccccc45)cc3)cc2)cc1. The predicted octanol–water partition coefficient (Wildman–Crippen LogP) is 30.9. The maximum atomic E-state index is 6.45. The van der Waals surface area contributed by atoms with Gasteiger partial charge in [-0.1, -0.05) is 293 Å². The standard InChI is InChI=1S/C57H40N2O.C54H36N2O/c1-57(2)51-20-9-6-15-45(51)46-33-32-43(36-52(46)57)58(42-30-25-38(26-31-42)44-18-12-19-49-48-17-8-11-22-55(48)60-56(44)49)41-28-23-37(24-29-41)39-27-34-54-50(35-39)47-16-7-10-21-53(47)59(54)40-13-4-3-5-14-40;1-3-12-37(13-4-1)38-22-29-43(30-23-38)55(45-33-26-40(27-34-45)46-18-11-19-49-48-17-8-10-21-53(48)57-54(46)49)44-31-24-39(25-32-44)41-28-35-52-50(36-41)47-16-7-9-20-51(47)56(52)42-14-5-2-6-15-42/h3-36H,1-2H3;1-36H. The van der Waals surface area contributed by atoms with Crippen molar-refractivity contribution in [2.24, 2.45) is 0 Å². The normalized spacial score (nSPS) is 12.3. The van der Waals surface area contributed by atoms with Crippen molar-refractivity contribution >= 4 is 122 Å². The molecular weight excluding hydrogens is 1420 g/mol. The molecule has 0 spiro atoms. The first kappa shape index (κ1) is 68.6. The molecule has 23 rings (SSSR count). The van der Waals surface area contributed by atoms with Crippen molar-refractivity contribution in [1.82, 2.24) is 9.13 Å². The van der Waals surface area contributed by atoms with Crippen LogP contribution in [0.1, 0.15) is 25.0 Å². The maximum absolute atomic E-state index is 6.45. The number of benzene rings is 18. The van der Waals surface area contributed by atoms with E-state index in [1.54, 1.807) is 0 Å². The lowest BCUT2D eigenvalue weighted by Crippen LogP contribution is -2.16. The van der Waals surface area contributed by atoms with Crippen LogP contribution in [0, 0.1) is 0 Å². The van der Waals surface area contributed by atoms with Gasteiger partial charge in [-0.3, -0.25) is 0 Å². The van der Waals surface area contributed by atoms with Gasteiger partial charge in [0, 0.05) is 105 Å².